The monoisotopic (exact) mass is 271 g/mol. The molecule has 0 bridgehead atoms. The highest BCUT2D eigenvalue weighted by atomic mass is 79.9. The molecular weight excluding hydrogens is 261 g/mol. The van der Waals surface area contributed by atoms with Crippen LogP contribution in [0.4, 0.5) is 4.39 Å². The number of Topliss-reactive ketones (excluding diaryl/α,β-unsaturated/α-hetero) is 1. The van der Waals surface area contributed by atoms with Gasteiger partial charge < -0.3 is 5.32 Å². The third-order valence-electron chi connectivity index (χ3n) is 1.80. The van der Waals surface area contributed by atoms with Gasteiger partial charge in [0, 0.05) is 11.0 Å². The van der Waals surface area contributed by atoms with Crippen molar-refractivity contribution in [3.05, 3.63) is 46.7 Å². The lowest BCUT2D eigenvalue weighted by molar-refractivity contribution is 0.0988. The molecule has 4 heteroatoms. The topological polar surface area (TPSA) is 29.1 Å². The highest BCUT2D eigenvalue weighted by Gasteiger charge is 2.11. The average Bonchev–Trinajstić information content (AvgIpc) is 2.22. The van der Waals surface area contributed by atoms with E-state index in [1.165, 1.54) is 12.1 Å². The van der Waals surface area contributed by atoms with E-state index in [4.69, 9.17) is 0 Å². The standard InChI is InChI=1S/C11H11BrFNO/c1-2-5-14-7-11(15)9-6-8(12)3-4-10(9)13/h2-4,6,14H,1,5,7H2. The zero-order valence-electron chi connectivity index (χ0n) is 8.09. The molecule has 1 aromatic rings. The number of rotatable bonds is 5. The predicted octanol–water partition coefficient (Wildman–Crippen LogP) is 2.55. The Kier molecular flexibility index (Phi) is 4.65. The molecule has 0 amide bonds. The Labute approximate surface area is 96.3 Å². The molecule has 1 aromatic carbocycles. The molecule has 0 heterocycles. The van der Waals surface area contributed by atoms with Crippen molar-refractivity contribution in [1.29, 1.82) is 0 Å². The normalized spacial score (nSPS) is 10.0. The van der Waals surface area contributed by atoms with Crippen molar-refractivity contribution in [3.8, 4) is 0 Å². The first kappa shape index (κ1) is 12.1. The first-order valence-corrected chi connectivity index (χ1v) is 5.24. The van der Waals surface area contributed by atoms with Crippen molar-refractivity contribution in [2.75, 3.05) is 13.1 Å². The van der Waals surface area contributed by atoms with Gasteiger partial charge >= 0.3 is 0 Å². The van der Waals surface area contributed by atoms with Crippen LogP contribution in [0.25, 0.3) is 0 Å². The van der Waals surface area contributed by atoms with Gasteiger partial charge in [-0.05, 0) is 18.2 Å². The zero-order chi connectivity index (χ0) is 11.3. The molecule has 15 heavy (non-hydrogen) atoms. The number of benzene rings is 1. The molecule has 1 N–H and O–H groups in total. The Bertz CT molecular complexity index is 379. The van der Waals surface area contributed by atoms with E-state index in [9.17, 15) is 9.18 Å². The Hall–Kier alpha value is -1.00. The van der Waals surface area contributed by atoms with Crippen LogP contribution in [0.5, 0.6) is 0 Å². The van der Waals surface area contributed by atoms with Crippen molar-refractivity contribution in [3.63, 3.8) is 0 Å². The summed E-state index contributed by atoms with van der Waals surface area (Å²) in [5, 5.41) is 2.83. The molecule has 0 saturated heterocycles. The molecule has 0 spiro atoms. The van der Waals surface area contributed by atoms with E-state index in [-0.39, 0.29) is 17.9 Å². The summed E-state index contributed by atoms with van der Waals surface area (Å²) in [5.74, 6) is -0.765. The van der Waals surface area contributed by atoms with E-state index in [0.717, 1.165) is 0 Å². The molecule has 0 unspecified atom stereocenters. The fraction of sp³-hybridized carbons (Fsp3) is 0.182. The van der Waals surface area contributed by atoms with Gasteiger partial charge in [-0.3, -0.25) is 4.79 Å². The summed E-state index contributed by atoms with van der Waals surface area (Å²) in [7, 11) is 0. The number of carbonyl (C=O) groups is 1. The molecule has 1 rings (SSSR count). The maximum atomic E-state index is 13.2. The van der Waals surface area contributed by atoms with Crippen molar-refractivity contribution in [2.45, 2.75) is 0 Å². The number of carbonyl (C=O) groups excluding carboxylic acids is 1. The van der Waals surface area contributed by atoms with Gasteiger partial charge in [-0.25, -0.2) is 4.39 Å². The average molecular weight is 272 g/mol. The number of hydrogen-bond acceptors (Lipinski definition) is 2. The summed E-state index contributed by atoms with van der Waals surface area (Å²) in [6, 6.07) is 4.31. The quantitative estimate of drug-likeness (QED) is 0.507. The Balaban J connectivity index is 2.72. The van der Waals surface area contributed by atoms with Crippen molar-refractivity contribution >= 4 is 21.7 Å². The second kappa shape index (κ2) is 5.78. The fourth-order valence-corrected chi connectivity index (χ4v) is 1.46. The lowest BCUT2D eigenvalue weighted by Gasteiger charge is -2.03. The Morgan fingerprint density at radius 3 is 3.00 bits per heavy atom. The molecule has 0 aliphatic carbocycles. The second-order valence-corrected chi connectivity index (χ2v) is 3.88. The molecule has 0 aliphatic heterocycles. The zero-order valence-corrected chi connectivity index (χ0v) is 9.68. The van der Waals surface area contributed by atoms with Crippen LogP contribution in [0.15, 0.2) is 35.3 Å². The molecule has 0 aliphatic rings. The molecule has 0 aromatic heterocycles. The number of ketones is 1. The SMILES string of the molecule is C=CCNCC(=O)c1cc(Br)ccc1F. The summed E-state index contributed by atoms with van der Waals surface area (Å²) in [6.07, 6.45) is 1.64. The highest BCUT2D eigenvalue weighted by Crippen LogP contribution is 2.15. The maximum absolute atomic E-state index is 13.2. The van der Waals surface area contributed by atoms with Gasteiger partial charge in [0.15, 0.2) is 5.78 Å². The van der Waals surface area contributed by atoms with Crippen LogP contribution in [-0.2, 0) is 0 Å². The number of nitrogens with one attached hydrogen (secondary N) is 1. The van der Waals surface area contributed by atoms with E-state index in [1.807, 2.05) is 0 Å². The van der Waals surface area contributed by atoms with E-state index in [2.05, 4.69) is 27.8 Å². The minimum absolute atomic E-state index is 0.0981. The van der Waals surface area contributed by atoms with E-state index >= 15 is 0 Å². The maximum Gasteiger partial charge on any atom is 0.179 e. The van der Waals surface area contributed by atoms with Crippen LogP contribution in [0.3, 0.4) is 0 Å². The van der Waals surface area contributed by atoms with Gasteiger partial charge in [0.25, 0.3) is 0 Å². The minimum Gasteiger partial charge on any atom is -0.306 e. The van der Waals surface area contributed by atoms with Gasteiger partial charge in [-0.2, -0.15) is 0 Å². The van der Waals surface area contributed by atoms with Gasteiger partial charge in [-0.15, -0.1) is 6.58 Å². The summed E-state index contributed by atoms with van der Waals surface area (Å²) in [6.45, 7) is 4.15. The lowest BCUT2D eigenvalue weighted by atomic mass is 10.1. The summed E-state index contributed by atoms with van der Waals surface area (Å²) in [4.78, 5) is 11.5. The lowest BCUT2D eigenvalue weighted by Crippen LogP contribution is -2.23. The number of hydrogen-bond donors (Lipinski definition) is 1. The summed E-state index contributed by atoms with van der Waals surface area (Å²) >= 11 is 3.19. The molecule has 0 saturated carbocycles. The highest BCUT2D eigenvalue weighted by molar-refractivity contribution is 9.10. The summed E-state index contributed by atoms with van der Waals surface area (Å²) < 4.78 is 13.9. The third-order valence-corrected chi connectivity index (χ3v) is 2.30. The van der Waals surface area contributed by atoms with Gasteiger partial charge in [0.1, 0.15) is 5.82 Å². The fourth-order valence-electron chi connectivity index (χ4n) is 1.09. The molecular formula is C11H11BrFNO. The largest absolute Gasteiger partial charge is 0.306 e. The van der Waals surface area contributed by atoms with Crippen molar-refractivity contribution < 1.29 is 9.18 Å². The van der Waals surface area contributed by atoms with E-state index in [1.54, 1.807) is 12.1 Å². The first-order valence-electron chi connectivity index (χ1n) is 4.45. The van der Waals surface area contributed by atoms with Gasteiger partial charge in [-0.1, -0.05) is 22.0 Å². The van der Waals surface area contributed by atoms with Gasteiger partial charge in [0.05, 0.1) is 12.1 Å². The van der Waals surface area contributed by atoms with Gasteiger partial charge in [0.2, 0.25) is 0 Å². The Morgan fingerprint density at radius 1 is 1.60 bits per heavy atom. The van der Waals surface area contributed by atoms with Crippen LogP contribution in [0, 0.1) is 5.82 Å². The number of halogens is 2. The molecule has 0 atom stereocenters. The van der Waals surface area contributed by atoms with Crippen molar-refractivity contribution in [1.82, 2.24) is 5.32 Å². The second-order valence-electron chi connectivity index (χ2n) is 2.97. The smallest absolute Gasteiger partial charge is 0.179 e. The third kappa shape index (κ3) is 3.57. The van der Waals surface area contributed by atoms with Crippen molar-refractivity contribution in [2.24, 2.45) is 0 Å². The van der Waals surface area contributed by atoms with Crippen LogP contribution < -0.4 is 5.32 Å². The molecule has 2 nitrogen and oxygen atoms in total. The summed E-state index contributed by atoms with van der Waals surface area (Å²) in [5.41, 5.74) is 0.0981. The van der Waals surface area contributed by atoms with Crippen LogP contribution in [0.1, 0.15) is 10.4 Å². The van der Waals surface area contributed by atoms with Crippen LogP contribution in [0.2, 0.25) is 0 Å². The first-order chi connectivity index (χ1) is 7.15. The predicted molar refractivity (Wildman–Crippen MR) is 61.5 cm³/mol. The molecule has 0 radical (unpaired) electrons. The van der Waals surface area contributed by atoms with E-state index < -0.39 is 5.82 Å². The van der Waals surface area contributed by atoms with Crippen LogP contribution in [-0.4, -0.2) is 18.9 Å². The Morgan fingerprint density at radius 2 is 2.33 bits per heavy atom. The minimum atomic E-state index is -0.497. The van der Waals surface area contributed by atoms with Crippen LogP contribution >= 0.6 is 15.9 Å². The molecule has 0 fully saturated rings. The van der Waals surface area contributed by atoms with E-state index in [0.29, 0.717) is 11.0 Å². The molecule has 80 valence electrons.